The number of nitro benzene ring substituents is 1. The minimum absolute atomic E-state index is 0.0265. The third kappa shape index (κ3) is 3.28. The summed E-state index contributed by atoms with van der Waals surface area (Å²) in [5.74, 6) is -0.309. The molecular weight excluding hydrogens is 273 g/mol. The third-order valence-corrected chi connectivity index (χ3v) is 3.02. The maximum atomic E-state index is 13.3. The molecule has 0 fully saturated rings. The molecule has 0 aromatic heterocycles. The van der Waals surface area contributed by atoms with Crippen LogP contribution in [0.4, 0.5) is 27.1 Å². The van der Waals surface area contributed by atoms with Crippen LogP contribution in [-0.2, 0) is 0 Å². The fraction of sp³-hybridized carbons (Fsp3) is 0.200. The molecule has 0 spiro atoms. The van der Waals surface area contributed by atoms with Crippen LogP contribution in [0.2, 0.25) is 0 Å². The third-order valence-electron chi connectivity index (χ3n) is 3.02. The molecule has 0 bridgehead atoms. The highest BCUT2D eigenvalue weighted by Crippen LogP contribution is 2.34. The second-order valence-corrected chi connectivity index (χ2v) is 4.58. The molecule has 0 aliphatic heterocycles. The number of anilines is 3. The summed E-state index contributed by atoms with van der Waals surface area (Å²) in [6.07, 6.45) is 0. The number of nitro groups is 1. The summed E-state index contributed by atoms with van der Waals surface area (Å²) < 4.78 is 13.3. The van der Waals surface area contributed by atoms with Crippen LogP contribution in [0.1, 0.15) is 12.5 Å². The van der Waals surface area contributed by atoms with E-state index in [9.17, 15) is 14.5 Å². The van der Waals surface area contributed by atoms with Gasteiger partial charge in [0.15, 0.2) is 0 Å². The van der Waals surface area contributed by atoms with Gasteiger partial charge in [-0.2, -0.15) is 0 Å². The van der Waals surface area contributed by atoms with Crippen LogP contribution in [0.5, 0.6) is 0 Å². The number of hydrogen-bond donors (Lipinski definition) is 2. The van der Waals surface area contributed by atoms with Crippen molar-refractivity contribution < 1.29 is 9.31 Å². The smallest absolute Gasteiger partial charge is 0.315 e. The zero-order chi connectivity index (χ0) is 15.4. The summed E-state index contributed by atoms with van der Waals surface area (Å²) in [6.45, 7) is 4.09. The number of benzene rings is 2. The average molecular weight is 289 g/mol. The van der Waals surface area contributed by atoms with Crippen molar-refractivity contribution in [1.82, 2.24) is 0 Å². The van der Waals surface area contributed by atoms with Gasteiger partial charge in [0.05, 0.1) is 4.92 Å². The van der Waals surface area contributed by atoms with Gasteiger partial charge in [0.25, 0.3) is 0 Å². The first-order valence-electron chi connectivity index (χ1n) is 6.57. The molecule has 0 aliphatic rings. The molecule has 110 valence electrons. The highest BCUT2D eigenvalue weighted by molar-refractivity contribution is 5.79. The Morgan fingerprint density at radius 1 is 1.24 bits per heavy atom. The summed E-state index contributed by atoms with van der Waals surface area (Å²) >= 11 is 0. The molecule has 0 atom stereocenters. The van der Waals surface area contributed by atoms with Crippen LogP contribution in [0.25, 0.3) is 0 Å². The number of nitrogens with zero attached hydrogens (tertiary/aromatic N) is 1. The van der Waals surface area contributed by atoms with E-state index >= 15 is 0 Å². The van der Waals surface area contributed by atoms with E-state index in [4.69, 9.17) is 0 Å². The summed E-state index contributed by atoms with van der Waals surface area (Å²) in [6, 6.07) is 9.49. The van der Waals surface area contributed by atoms with Gasteiger partial charge in [-0.15, -0.1) is 0 Å². The van der Waals surface area contributed by atoms with Crippen molar-refractivity contribution in [2.75, 3.05) is 17.2 Å². The van der Waals surface area contributed by atoms with Gasteiger partial charge in [0.2, 0.25) is 0 Å². The standard InChI is InChI=1S/C15H16FN3O2/c1-3-17-13-5-4-6-14(15(13)19(20)21)18-11-7-8-12(16)10(2)9-11/h4-9,17-18H,3H2,1-2H3. The number of para-hydroxylation sites is 1. The van der Waals surface area contributed by atoms with E-state index in [1.54, 1.807) is 37.3 Å². The Labute approximate surface area is 122 Å². The molecule has 2 aromatic carbocycles. The molecule has 0 saturated heterocycles. The van der Waals surface area contributed by atoms with E-state index in [1.807, 2.05) is 6.92 Å². The number of rotatable bonds is 5. The van der Waals surface area contributed by atoms with Crippen molar-refractivity contribution >= 4 is 22.7 Å². The molecule has 6 heteroatoms. The Bertz CT molecular complexity index is 674. The van der Waals surface area contributed by atoms with Crippen molar-refractivity contribution in [2.45, 2.75) is 13.8 Å². The van der Waals surface area contributed by atoms with Crippen molar-refractivity contribution in [3.05, 3.63) is 57.9 Å². The lowest BCUT2D eigenvalue weighted by molar-refractivity contribution is -0.383. The van der Waals surface area contributed by atoms with Crippen LogP contribution in [0, 0.1) is 22.9 Å². The van der Waals surface area contributed by atoms with E-state index < -0.39 is 4.92 Å². The highest BCUT2D eigenvalue weighted by Gasteiger charge is 2.19. The molecule has 5 nitrogen and oxygen atoms in total. The zero-order valence-electron chi connectivity index (χ0n) is 11.8. The van der Waals surface area contributed by atoms with Gasteiger partial charge in [0, 0.05) is 12.2 Å². The molecule has 0 amide bonds. The van der Waals surface area contributed by atoms with Crippen LogP contribution < -0.4 is 10.6 Å². The van der Waals surface area contributed by atoms with Crippen LogP contribution in [-0.4, -0.2) is 11.5 Å². The molecular formula is C15H16FN3O2. The predicted octanol–water partition coefficient (Wildman–Crippen LogP) is 4.22. The summed E-state index contributed by atoms with van der Waals surface area (Å²) in [5, 5.41) is 17.2. The molecule has 0 unspecified atom stereocenters. The van der Waals surface area contributed by atoms with Gasteiger partial charge in [-0.25, -0.2) is 4.39 Å². The van der Waals surface area contributed by atoms with Crippen LogP contribution in [0.3, 0.4) is 0 Å². The first-order valence-corrected chi connectivity index (χ1v) is 6.57. The molecule has 2 aromatic rings. The van der Waals surface area contributed by atoms with Gasteiger partial charge in [-0.3, -0.25) is 10.1 Å². The molecule has 2 rings (SSSR count). The van der Waals surface area contributed by atoms with Gasteiger partial charge in [0.1, 0.15) is 17.2 Å². The van der Waals surface area contributed by atoms with Gasteiger partial charge in [-0.1, -0.05) is 6.07 Å². The zero-order valence-corrected chi connectivity index (χ0v) is 11.8. The fourth-order valence-electron chi connectivity index (χ4n) is 2.05. The first-order chi connectivity index (χ1) is 10.0. The normalized spacial score (nSPS) is 10.2. The Hall–Kier alpha value is -2.63. The summed E-state index contributed by atoms with van der Waals surface area (Å²) in [4.78, 5) is 10.9. The quantitative estimate of drug-likeness (QED) is 0.639. The summed E-state index contributed by atoms with van der Waals surface area (Å²) in [7, 11) is 0. The minimum Gasteiger partial charge on any atom is -0.380 e. The fourth-order valence-corrected chi connectivity index (χ4v) is 2.05. The van der Waals surface area contributed by atoms with Crippen molar-refractivity contribution in [3.63, 3.8) is 0 Å². The second-order valence-electron chi connectivity index (χ2n) is 4.58. The van der Waals surface area contributed by atoms with E-state index in [0.717, 1.165) is 0 Å². The predicted molar refractivity (Wildman–Crippen MR) is 81.7 cm³/mol. The van der Waals surface area contributed by atoms with Crippen molar-refractivity contribution in [1.29, 1.82) is 0 Å². The number of halogens is 1. The Balaban J connectivity index is 2.41. The Morgan fingerprint density at radius 3 is 2.57 bits per heavy atom. The molecule has 0 heterocycles. The van der Waals surface area contributed by atoms with Gasteiger partial charge >= 0.3 is 5.69 Å². The van der Waals surface area contributed by atoms with Gasteiger partial charge in [-0.05, 0) is 49.7 Å². The second kappa shape index (κ2) is 6.21. The van der Waals surface area contributed by atoms with Crippen molar-refractivity contribution in [3.8, 4) is 0 Å². The lowest BCUT2D eigenvalue weighted by atomic mass is 10.2. The molecule has 0 aliphatic carbocycles. The monoisotopic (exact) mass is 289 g/mol. The minimum atomic E-state index is -0.434. The van der Waals surface area contributed by atoms with E-state index in [2.05, 4.69) is 10.6 Å². The van der Waals surface area contributed by atoms with Crippen LogP contribution >= 0.6 is 0 Å². The summed E-state index contributed by atoms with van der Waals surface area (Å²) in [5.41, 5.74) is 1.87. The maximum Gasteiger partial charge on any atom is 0.315 e. The van der Waals surface area contributed by atoms with Gasteiger partial charge < -0.3 is 10.6 Å². The SMILES string of the molecule is CCNc1cccc(Nc2ccc(F)c(C)c2)c1[N+](=O)[O-]. The lowest BCUT2D eigenvalue weighted by Crippen LogP contribution is -2.04. The number of aryl methyl sites for hydroxylation is 1. The average Bonchev–Trinajstić information content (AvgIpc) is 2.43. The molecule has 2 N–H and O–H groups in total. The first kappa shape index (κ1) is 14.8. The van der Waals surface area contributed by atoms with E-state index in [0.29, 0.717) is 29.2 Å². The topological polar surface area (TPSA) is 67.2 Å². The number of nitrogens with one attached hydrogen (secondary N) is 2. The Morgan fingerprint density at radius 2 is 1.95 bits per heavy atom. The highest BCUT2D eigenvalue weighted by atomic mass is 19.1. The van der Waals surface area contributed by atoms with E-state index in [-0.39, 0.29) is 11.5 Å². The maximum absolute atomic E-state index is 13.3. The van der Waals surface area contributed by atoms with E-state index in [1.165, 1.54) is 6.07 Å². The lowest BCUT2D eigenvalue weighted by Gasteiger charge is -2.11. The molecule has 21 heavy (non-hydrogen) atoms. The number of hydrogen-bond acceptors (Lipinski definition) is 4. The van der Waals surface area contributed by atoms with Crippen LogP contribution in [0.15, 0.2) is 36.4 Å². The largest absolute Gasteiger partial charge is 0.380 e. The Kier molecular flexibility index (Phi) is 4.37. The molecule has 0 radical (unpaired) electrons. The van der Waals surface area contributed by atoms with Crippen molar-refractivity contribution in [2.24, 2.45) is 0 Å². The molecule has 0 saturated carbocycles.